The van der Waals surface area contributed by atoms with E-state index in [1.807, 2.05) is 0 Å². The highest BCUT2D eigenvalue weighted by Crippen LogP contribution is 2.04. The van der Waals surface area contributed by atoms with E-state index in [-0.39, 0.29) is 0 Å². The average Bonchev–Trinajstić information content (AvgIpc) is 2.16. The zero-order valence-corrected chi connectivity index (χ0v) is 6.70. The zero-order valence-electron chi connectivity index (χ0n) is 6.70. The van der Waals surface area contributed by atoms with Gasteiger partial charge in [-0.15, -0.1) is 10.2 Å². The number of rotatable bonds is 3. The molecule has 1 heterocycles. The van der Waals surface area contributed by atoms with Gasteiger partial charge in [-0.3, -0.25) is 0 Å². The van der Waals surface area contributed by atoms with Gasteiger partial charge in [-0.25, -0.2) is 4.98 Å². The Morgan fingerprint density at radius 1 is 0.833 bits per heavy atom. The molecule has 0 spiro atoms. The summed E-state index contributed by atoms with van der Waals surface area (Å²) in [5, 5.41) is 7.64. The Hall–Kier alpha value is -1.77. The standard InChI is InChI=1S/C9H9N3/c1-4-7-8(5-2)11-12-9(6-3)10-7/h4-6H,1-3H2. The Balaban J connectivity index is 3.27. The van der Waals surface area contributed by atoms with Gasteiger partial charge in [0.25, 0.3) is 0 Å². The minimum Gasteiger partial charge on any atom is -0.225 e. The average molecular weight is 159 g/mol. The molecule has 0 atom stereocenters. The third-order valence-electron chi connectivity index (χ3n) is 1.33. The summed E-state index contributed by atoms with van der Waals surface area (Å²) in [6.07, 6.45) is 4.73. The molecule has 1 aromatic heterocycles. The lowest BCUT2D eigenvalue weighted by Crippen LogP contribution is -1.98. The molecule has 0 bridgehead atoms. The molecule has 0 aliphatic carbocycles. The Labute approximate surface area is 71.2 Å². The van der Waals surface area contributed by atoms with Crippen molar-refractivity contribution in [2.75, 3.05) is 0 Å². The van der Waals surface area contributed by atoms with Gasteiger partial charge < -0.3 is 0 Å². The third-order valence-corrected chi connectivity index (χ3v) is 1.33. The van der Waals surface area contributed by atoms with Crippen LogP contribution < -0.4 is 0 Å². The van der Waals surface area contributed by atoms with Gasteiger partial charge in [0.05, 0.1) is 5.69 Å². The number of nitrogens with zero attached hydrogens (tertiary/aromatic N) is 3. The highest BCUT2D eigenvalue weighted by Gasteiger charge is 1.99. The molecule has 0 unspecified atom stereocenters. The van der Waals surface area contributed by atoms with Crippen LogP contribution in [-0.2, 0) is 0 Å². The largest absolute Gasteiger partial charge is 0.225 e. The monoisotopic (exact) mass is 159 g/mol. The van der Waals surface area contributed by atoms with Gasteiger partial charge in [0.15, 0.2) is 5.82 Å². The lowest BCUT2D eigenvalue weighted by molar-refractivity contribution is 0.933. The summed E-state index contributed by atoms with van der Waals surface area (Å²) in [4.78, 5) is 4.10. The van der Waals surface area contributed by atoms with Crippen LogP contribution >= 0.6 is 0 Å². The van der Waals surface area contributed by atoms with Gasteiger partial charge in [0.1, 0.15) is 5.69 Å². The topological polar surface area (TPSA) is 38.7 Å². The molecule has 0 saturated carbocycles. The first-order chi connectivity index (χ1) is 5.81. The van der Waals surface area contributed by atoms with Crippen molar-refractivity contribution < 1.29 is 0 Å². The first kappa shape index (κ1) is 8.33. The van der Waals surface area contributed by atoms with Crippen LogP contribution in [0.2, 0.25) is 0 Å². The molecule has 12 heavy (non-hydrogen) atoms. The lowest BCUT2D eigenvalue weighted by atomic mass is 10.3. The number of hydrogen-bond donors (Lipinski definition) is 0. The van der Waals surface area contributed by atoms with Crippen molar-refractivity contribution in [3.63, 3.8) is 0 Å². The van der Waals surface area contributed by atoms with E-state index in [0.717, 1.165) is 0 Å². The fourth-order valence-electron chi connectivity index (χ4n) is 0.741. The van der Waals surface area contributed by atoms with Gasteiger partial charge in [0.2, 0.25) is 0 Å². The van der Waals surface area contributed by atoms with Crippen molar-refractivity contribution in [3.8, 4) is 0 Å². The second-order valence-electron chi connectivity index (χ2n) is 2.05. The summed E-state index contributed by atoms with van der Waals surface area (Å²) < 4.78 is 0. The van der Waals surface area contributed by atoms with Crippen molar-refractivity contribution in [3.05, 3.63) is 36.9 Å². The molecule has 1 rings (SSSR count). The van der Waals surface area contributed by atoms with E-state index >= 15 is 0 Å². The Morgan fingerprint density at radius 3 is 2.00 bits per heavy atom. The van der Waals surface area contributed by atoms with Gasteiger partial charge in [0, 0.05) is 0 Å². The highest BCUT2D eigenvalue weighted by molar-refractivity contribution is 5.57. The number of aromatic nitrogens is 3. The Bertz CT molecular complexity index is 329. The predicted molar refractivity (Wildman–Crippen MR) is 50.1 cm³/mol. The predicted octanol–water partition coefficient (Wildman–Crippen LogP) is 1.80. The van der Waals surface area contributed by atoms with Crippen molar-refractivity contribution in [2.45, 2.75) is 0 Å². The highest BCUT2D eigenvalue weighted by atomic mass is 15.2. The molecule has 0 saturated heterocycles. The van der Waals surface area contributed by atoms with Crippen LogP contribution in [0.15, 0.2) is 19.7 Å². The van der Waals surface area contributed by atoms with Crippen LogP contribution in [0.25, 0.3) is 18.2 Å². The fraction of sp³-hybridized carbons (Fsp3) is 0. The molecule has 0 radical (unpaired) electrons. The quantitative estimate of drug-likeness (QED) is 0.675. The summed E-state index contributed by atoms with van der Waals surface area (Å²) >= 11 is 0. The Kier molecular flexibility index (Phi) is 2.48. The Morgan fingerprint density at radius 2 is 1.50 bits per heavy atom. The second kappa shape index (κ2) is 3.57. The maximum absolute atomic E-state index is 4.10. The van der Waals surface area contributed by atoms with E-state index in [2.05, 4.69) is 34.9 Å². The maximum atomic E-state index is 4.10. The van der Waals surface area contributed by atoms with E-state index in [1.165, 1.54) is 6.08 Å². The molecular formula is C9H9N3. The van der Waals surface area contributed by atoms with E-state index in [0.29, 0.717) is 17.2 Å². The lowest BCUT2D eigenvalue weighted by Gasteiger charge is -1.97. The molecule has 1 aromatic rings. The summed E-state index contributed by atoms with van der Waals surface area (Å²) in [5.74, 6) is 0.496. The summed E-state index contributed by atoms with van der Waals surface area (Å²) in [7, 11) is 0. The van der Waals surface area contributed by atoms with Crippen molar-refractivity contribution in [2.24, 2.45) is 0 Å². The third kappa shape index (κ3) is 1.45. The first-order valence-corrected chi connectivity index (χ1v) is 3.44. The molecule has 0 amide bonds. The molecule has 0 fully saturated rings. The zero-order chi connectivity index (χ0) is 8.97. The van der Waals surface area contributed by atoms with Crippen LogP contribution in [0.4, 0.5) is 0 Å². The molecule has 0 aliphatic heterocycles. The molecule has 0 N–H and O–H groups in total. The van der Waals surface area contributed by atoms with E-state index < -0.39 is 0 Å². The van der Waals surface area contributed by atoms with Crippen LogP contribution in [0.3, 0.4) is 0 Å². The minimum atomic E-state index is 0.496. The molecule has 3 nitrogen and oxygen atoms in total. The minimum absolute atomic E-state index is 0.496. The van der Waals surface area contributed by atoms with Crippen molar-refractivity contribution >= 4 is 18.2 Å². The summed E-state index contributed by atoms with van der Waals surface area (Å²) in [6.45, 7) is 10.7. The second-order valence-corrected chi connectivity index (χ2v) is 2.05. The molecule has 3 heteroatoms. The molecule has 60 valence electrons. The van der Waals surface area contributed by atoms with Crippen LogP contribution in [0.5, 0.6) is 0 Å². The fourth-order valence-corrected chi connectivity index (χ4v) is 0.741. The maximum Gasteiger partial charge on any atom is 0.174 e. The van der Waals surface area contributed by atoms with Crippen molar-refractivity contribution in [1.29, 1.82) is 0 Å². The van der Waals surface area contributed by atoms with Crippen LogP contribution in [0, 0.1) is 0 Å². The van der Waals surface area contributed by atoms with Gasteiger partial charge in [-0.2, -0.15) is 0 Å². The SMILES string of the molecule is C=Cc1nnc(C=C)c(C=C)n1. The van der Waals surface area contributed by atoms with Crippen molar-refractivity contribution in [1.82, 2.24) is 15.2 Å². The van der Waals surface area contributed by atoms with E-state index in [4.69, 9.17) is 0 Å². The number of hydrogen-bond acceptors (Lipinski definition) is 3. The normalized spacial score (nSPS) is 9.00. The van der Waals surface area contributed by atoms with E-state index in [9.17, 15) is 0 Å². The molecule has 0 aromatic carbocycles. The summed E-state index contributed by atoms with van der Waals surface area (Å²) in [6, 6.07) is 0. The first-order valence-electron chi connectivity index (χ1n) is 3.44. The van der Waals surface area contributed by atoms with E-state index in [1.54, 1.807) is 12.2 Å². The van der Waals surface area contributed by atoms with Crippen LogP contribution in [0.1, 0.15) is 17.2 Å². The van der Waals surface area contributed by atoms with Crippen LogP contribution in [-0.4, -0.2) is 15.2 Å². The smallest absolute Gasteiger partial charge is 0.174 e. The summed E-state index contributed by atoms with van der Waals surface area (Å²) in [5.41, 5.74) is 1.31. The molecular weight excluding hydrogens is 150 g/mol. The van der Waals surface area contributed by atoms with Gasteiger partial charge >= 0.3 is 0 Å². The molecule has 0 aliphatic rings. The van der Waals surface area contributed by atoms with Gasteiger partial charge in [-0.1, -0.05) is 19.7 Å². The van der Waals surface area contributed by atoms with Gasteiger partial charge in [-0.05, 0) is 18.2 Å².